The van der Waals surface area contributed by atoms with Gasteiger partial charge in [0, 0.05) is 12.0 Å². The minimum Gasteiger partial charge on any atom is -0.497 e. The summed E-state index contributed by atoms with van der Waals surface area (Å²) >= 11 is 0. The van der Waals surface area contributed by atoms with Crippen LogP contribution in [0.1, 0.15) is 39.2 Å². The third-order valence-corrected chi connectivity index (χ3v) is 3.16. The maximum atomic E-state index is 11.8. The van der Waals surface area contributed by atoms with E-state index in [0.717, 1.165) is 24.2 Å². The molecule has 0 unspecified atom stereocenters. The summed E-state index contributed by atoms with van der Waals surface area (Å²) in [5.74, 6) is 0.952. The first-order valence-corrected chi connectivity index (χ1v) is 6.41. The molecule has 1 aromatic carbocycles. The number of benzene rings is 1. The molecule has 0 bridgehead atoms. The molecule has 0 radical (unpaired) electrons. The summed E-state index contributed by atoms with van der Waals surface area (Å²) in [6.45, 7) is 6.15. The van der Waals surface area contributed by atoms with Gasteiger partial charge in [0.2, 0.25) is 5.91 Å². The topological polar surface area (TPSA) is 38.3 Å². The molecule has 100 valence electrons. The van der Waals surface area contributed by atoms with Crippen LogP contribution in [0.4, 0.5) is 0 Å². The van der Waals surface area contributed by atoms with Crippen molar-refractivity contribution in [3.63, 3.8) is 0 Å². The first-order chi connectivity index (χ1) is 8.46. The molecule has 0 atom stereocenters. The summed E-state index contributed by atoms with van der Waals surface area (Å²) in [7, 11) is 1.65. The Morgan fingerprint density at radius 1 is 1.28 bits per heavy atom. The van der Waals surface area contributed by atoms with E-state index in [2.05, 4.69) is 12.2 Å². The molecule has 0 aliphatic carbocycles. The second kappa shape index (κ2) is 6.43. The van der Waals surface area contributed by atoms with Crippen LogP contribution < -0.4 is 10.1 Å². The lowest BCUT2D eigenvalue weighted by Crippen LogP contribution is -2.42. The smallest absolute Gasteiger partial charge is 0.220 e. The molecule has 0 heterocycles. The van der Waals surface area contributed by atoms with Crippen LogP contribution in [0.5, 0.6) is 5.75 Å². The molecule has 0 saturated carbocycles. The van der Waals surface area contributed by atoms with Gasteiger partial charge in [0.1, 0.15) is 5.75 Å². The lowest BCUT2D eigenvalue weighted by atomic mass is 10.0. The molecular weight excluding hydrogens is 226 g/mol. The van der Waals surface area contributed by atoms with E-state index in [4.69, 9.17) is 4.74 Å². The summed E-state index contributed by atoms with van der Waals surface area (Å²) in [4.78, 5) is 11.8. The molecule has 1 amide bonds. The van der Waals surface area contributed by atoms with Crippen molar-refractivity contribution in [2.45, 2.75) is 45.6 Å². The number of rotatable bonds is 6. The fourth-order valence-electron chi connectivity index (χ4n) is 1.58. The van der Waals surface area contributed by atoms with Gasteiger partial charge in [0.25, 0.3) is 0 Å². The molecule has 0 spiro atoms. The molecular formula is C15H23NO2. The average molecular weight is 249 g/mol. The van der Waals surface area contributed by atoms with Gasteiger partial charge in [-0.15, -0.1) is 0 Å². The van der Waals surface area contributed by atoms with Crippen LogP contribution in [0.15, 0.2) is 24.3 Å². The Hall–Kier alpha value is -1.51. The molecule has 1 rings (SSSR count). The Balaban J connectivity index is 2.42. The molecule has 3 nitrogen and oxygen atoms in total. The van der Waals surface area contributed by atoms with Crippen LogP contribution in [0.2, 0.25) is 0 Å². The fourth-order valence-corrected chi connectivity index (χ4v) is 1.58. The van der Waals surface area contributed by atoms with E-state index < -0.39 is 0 Å². The Kier molecular flexibility index (Phi) is 5.20. The van der Waals surface area contributed by atoms with Crippen molar-refractivity contribution in [1.29, 1.82) is 0 Å². The van der Waals surface area contributed by atoms with Crippen LogP contribution in [0.3, 0.4) is 0 Å². The van der Waals surface area contributed by atoms with Crippen LogP contribution in [-0.4, -0.2) is 18.6 Å². The van der Waals surface area contributed by atoms with Crippen molar-refractivity contribution in [1.82, 2.24) is 5.32 Å². The Morgan fingerprint density at radius 3 is 2.39 bits per heavy atom. The van der Waals surface area contributed by atoms with Crippen molar-refractivity contribution in [3.8, 4) is 5.75 Å². The molecule has 0 aliphatic rings. The molecule has 0 aromatic heterocycles. The highest BCUT2D eigenvalue weighted by Gasteiger charge is 2.17. The maximum Gasteiger partial charge on any atom is 0.220 e. The molecule has 1 N–H and O–H groups in total. The van der Waals surface area contributed by atoms with Crippen LogP contribution in [-0.2, 0) is 11.2 Å². The zero-order chi connectivity index (χ0) is 13.6. The quantitative estimate of drug-likeness (QED) is 0.841. The lowest BCUT2D eigenvalue weighted by Gasteiger charge is -2.24. The van der Waals surface area contributed by atoms with E-state index in [-0.39, 0.29) is 11.4 Å². The molecule has 18 heavy (non-hydrogen) atoms. The van der Waals surface area contributed by atoms with Crippen molar-refractivity contribution < 1.29 is 9.53 Å². The largest absolute Gasteiger partial charge is 0.497 e. The summed E-state index contributed by atoms with van der Waals surface area (Å²) in [6.07, 6.45) is 2.21. The van der Waals surface area contributed by atoms with Gasteiger partial charge >= 0.3 is 0 Å². The highest BCUT2D eigenvalue weighted by molar-refractivity contribution is 5.76. The normalized spacial score (nSPS) is 11.1. The summed E-state index contributed by atoms with van der Waals surface area (Å²) < 4.78 is 5.10. The van der Waals surface area contributed by atoms with Crippen LogP contribution >= 0.6 is 0 Å². The van der Waals surface area contributed by atoms with Gasteiger partial charge in [-0.1, -0.05) is 19.1 Å². The highest BCUT2D eigenvalue weighted by atomic mass is 16.5. The standard InChI is InChI=1S/C15H23NO2/c1-5-15(2,3)16-14(17)11-8-12-6-9-13(18-4)10-7-12/h6-7,9-10H,5,8,11H2,1-4H3,(H,16,17). The van der Waals surface area contributed by atoms with E-state index >= 15 is 0 Å². The number of nitrogens with one attached hydrogen (secondary N) is 1. The number of ether oxygens (including phenoxy) is 1. The van der Waals surface area contributed by atoms with Crippen LogP contribution in [0, 0.1) is 0 Å². The van der Waals surface area contributed by atoms with E-state index in [1.54, 1.807) is 7.11 Å². The molecule has 3 heteroatoms. The second-order valence-corrected chi connectivity index (χ2v) is 5.13. The Labute approximate surface area is 110 Å². The minimum absolute atomic E-state index is 0.109. The molecule has 0 fully saturated rings. The minimum atomic E-state index is -0.114. The zero-order valence-corrected chi connectivity index (χ0v) is 11.7. The van der Waals surface area contributed by atoms with Gasteiger partial charge in [-0.2, -0.15) is 0 Å². The Morgan fingerprint density at radius 2 is 1.89 bits per heavy atom. The van der Waals surface area contributed by atoms with E-state index in [0.29, 0.717) is 6.42 Å². The first-order valence-electron chi connectivity index (χ1n) is 6.41. The van der Waals surface area contributed by atoms with Crippen molar-refractivity contribution in [3.05, 3.63) is 29.8 Å². The maximum absolute atomic E-state index is 11.8. The zero-order valence-electron chi connectivity index (χ0n) is 11.7. The number of amides is 1. The second-order valence-electron chi connectivity index (χ2n) is 5.13. The molecule has 0 aliphatic heterocycles. The monoisotopic (exact) mass is 249 g/mol. The van der Waals surface area contributed by atoms with Gasteiger partial charge in [-0.3, -0.25) is 4.79 Å². The summed E-state index contributed by atoms with van der Waals surface area (Å²) in [5, 5.41) is 3.04. The summed E-state index contributed by atoms with van der Waals surface area (Å²) in [6, 6.07) is 7.83. The highest BCUT2D eigenvalue weighted by Crippen LogP contribution is 2.13. The van der Waals surface area contributed by atoms with E-state index in [1.165, 1.54) is 0 Å². The number of aryl methyl sites for hydroxylation is 1. The summed E-state index contributed by atoms with van der Waals surface area (Å²) in [5.41, 5.74) is 1.04. The van der Waals surface area contributed by atoms with Gasteiger partial charge < -0.3 is 10.1 Å². The third-order valence-electron chi connectivity index (χ3n) is 3.16. The van der Waals surface area contributed by atoms with E-state index in [1.807, 2.05) is 38.1 Å². The SMILES string of the molecule is CCC(C)(C)NC(=O)CCc1ccc(OC)cc1. The number of hydrogen-bond acceptors (Lipinski definition) is 2. The van der Waals surface area contributed by atoms with Gasteiger partial charge in [0.05, 0.1) is 7.11 Å². The predicted octanol–water partition coefficient (Wildman–Crippen LogP) is 2.93. The van der Waals surface area contributed by atoms with Gasteiger partial charge in [0.15, 0.2) is 0 Å². The van der Waals surface area contributed by atoms with Crippen molar-refractivity contribution >= 4 is 5.91 Å². The van der Waals surface area contributed by atoms with Crippen LogP contribution in [0.25, 0.3) is 0 Å². The third kappa shape index (κ3) is 4.78. The van der Waals surface area contributed by atoms with Crippen molar-refractivity contribution in [2.75, 3.05) is 7.11 Å². The van der Waals surface area contributed by atoms with Crippen molar-refractivity contribution in [2.24, 2.45) is 0 Å². The first kappa shape index (κ1) is 14.6. The lowest BCUT2D eigenvalue weighted by molar-refractivity contribution is -0.122. The number of hydrogen-bond donors (Lipinski definition) is 1. The number of methoxy groups -OCH3 is 1. The number of carbonyl (C=O) groups is 1. The van der Waals surface area contributed by atoms with E-state index in [9.17, 15) is 4.79 Å². The Bertz CT molecular complexity index is 382. The predicted molar refractivity (Wildman–Crippen MR) is 73.8 cm³/mol. The van der Waals surface area contributed by atoms with Gasteiger partial charge in [-0.25, -0.2) is 0 Å². The molecule has 1 aromatic rings. The molecule has 0 saturated heterocycles. The van der Waals surface area contributed by atoms with Gasteiger partial charge in [-0.05, 0) is 44.4 Å². The average Bonchev–Trinajstić information content (AvgIpc) is 2.36. The number of carbonyl (C=O) groups excluding carboxylic acids is 1. The fraction of sp³-hybridized carbons (Fsp3) is 0.533.